The maximum atomic E-state index is 13.0. The zero-order valence-electron chi connectivity index (χ0n) is 17.4. The second-order valence-corrected chi connectivity index (χ2v) is 11.1. The van der Waals surface area contributed by atoms with Gasteiger partial charge in [0, 0.05) is 24.3 Å². The third kappa shape index (κ3) is 4.22. The quantitative estimate of drug-likeness (QED) is 0.719. The Morgan fingerprint density at radius 3 is 2.43 bits per heavy atom. The molecule has 1 aromatic carbocycles. The standard InChI is InChI=1S/C21H33N3O2S2/c1-5-24(6-2)28(25,26)17-7-8-19-18(13-17)20(21(22)27-19)16-9-11-23(12-10-16)14-15(3)4/h7-8,13,15-16H,5-6,9-12,14,22H2,1-4H3. The Morgan fingerprint density at radius 1 is 1.21 bits per heavy atom. The van der Waals surface area contributed by atoms with E-state index in [9.17, 15) is 8.42 Å². The van der Waals surface area contributed by atoms with E-state index < -0.39 is 10.0 Å². The van der Waals surface area contributed by atoms with Gasteiger partial charge < -0.3 is 10.6 Å². The highest BCUT2D eigenvalue weighted by atomic mass is 32.2. The lowest BCUT2D eigenvalue weighted by molar-refractivity contribution is 0.192. The van der Waals surface area contributed by atoms with Crippen LogP contribution in [0.15, 0.2) is 23.1 Å². The Bertz CT molecular complexity index is 909. The van der Waals surface area contributed by atoms with Gasteiger partial charge in [-0.3, -0.25) is 0 Å². The van der Waals surface area contributed by atoms with E-state index in [0.717, 1.165) is 47.6 Å². The Balaban J connectivity index is 1.93. The number of rotatable bonds is 7. The fourth-order valence-corrected chi connectivity index (χ4v) is 6.85. The Labute approximate surface area is 173 Å². The van der Waals surface area contributed by atoms with Crippen molar-refractivity contribution >= 4 is 36.4 Å². The van der Waals surface area contributed by atoms with Crippen molar-refractivity contribution in [1.29, 1.82) is 0 Å². The predicted octanol–water partition coefficient (Wildman–Crippen LogP) is 4.35. The lowest BCUT2D eigenvalue weighted by atomic mass is 9.88. The molecule has 0 radical (unpaired) electrons. The van der Waals surface area contributed by atoms with E-state index in [1.807, 2.05) is 26.0 Å². The average Bonchev–Trinajstić information content (AvgIpc) is 2.97. The number of likely N-dealkylation sites (tertiary alicyclic amines) is 1. The Morgan fingerprint density at radius 2 is 1.86 bits per heavy atom. The van der Waals surface area contributed by atoms with Gasteiger partial charge in [-0.05, 0) is 66.9 Å². The van der Waals surface area contributed by atoms with Crippen molar-refractivity contribution in [1.82, 2.24) is 9.21 Å². The number of piperidine rings is 1. The summed E-state index contributed by atoms with van der Waals surface area (Å²) in [5.41, 5.74) is 7.58. The van der Waals surface area contributed by atoms with Crippen LogP contribution in [0.3, 0.4) is 0 Å². The largest absolute Gasteiger partial charge is 0.390 e. The second-order valence-electron chi connectivity index (χ2n) is 8.10. The first-order chi connectivity index (χ1) is 13.3. The van der Waals surface area contributed by atoms with Crippen LogP contribution in [0.4, 0.5) is 5.00 Å². The molecule has 7 heteroatoms. The second kappa shape index (κ2) is 8.69. The monoisotopic (exact) mass is 423 g/mol. The first kappa shape index (κ1) is 21.6. The van der Waals surface area contributed by atoms with Crippen molar-refractivity contribution in [2.75, 3.05) is 38.5 Å². The molecule has 2 aromatic rings. The van der Waals surface area contributed by atoms with Gasteiger partial charge in [-0.1, -0.05) is 27.7 Å². The first-order valence-electron chi connectivity index (χ1n) is 10.3. The SMILES string of the molecule is CCN(CC)S(=O)(=O)c1ccc2sc(N)c(C3CCN(CC(C)C)CC3)c2c1. The van der Waals surface area contributed by atoms with Crippen LogP contribution in [-0.4, -0.2) is 50.3 Å². The van der Waals surface area contributed by atoms with E-state index >= 15 is 0 Å². The molecule has 156 valence electrons. The zero-order chi connectivity index (χ0) is 20.5. The normalized spacial score (nSPS) is 17.2. The number of nitrogens with zero attached hydrogens (tertiary/aromatic N) is 2. The topological polar surface area (TPSA) is 66.6 Å². The molecular weight excluding hydrogens is 390 g/mol. The minimum absolute atomic E-state index is 0.375. The molecular formula is C21H33N3O2S2. The minimum Gasteiger partial charge on any atom is -0.390 e. The number of anilines is 1. The summed E-state index contributed by atoms with van der Waals surface area (Å²) in [5.74, 6) is 1.08. The van der Waals surface area contributed by atoms with Crippen LogP contribution in [0.5, 0.6) is 0 Å². The maximum absolute atomic E-state index is 13.0. The van der Waals surface area contributed by atoms with Gasteiger partial charge in [0.1, 0.15) is 0 Å². The molecule has 1 fully saturated rings. The van der Waals surface area contributed by atoms with Crippen molar-refractivity contribution in [2.45, 2.75) is 51.3 Å². The van der Waals surface area contributed by atoms with Crippen molar-refractivity contribution < 1.29 is 8.42 Å². The number of hydrogen-bond acceptors (Lipinski definition) is 5. The van der Waals surface area contributed by atoms with Crippen LogP contribution in [0.2, 0.25) is 0 Å². The zero-order valence-corrected chi connectivity index (χ0v) is 19.1. The minimum atomic E-state index is -3.46. The van der Waals surface area contributed by atoms with Crippen LogP contribution in [0, 0.1) is 5.92 Å². The summed E-state index contributed by atoms with van der Waals surface area (Å²) in [4.78, 5) is 2.90. The summed E-state index contributed by atoms with van der Waals surface area (Å²) in [6, 6.07) is 5.50. The smallest absolute Gasteiger partial charge is 0.243 e. The summed E-state index contributed by atoms with van der Waals surface area (Å²) >= 11 is 1.58. The molecule has 0 spiro atoms. The maximum Gasteiger partial charge on any atom is 0.243 e. The van der Waals surface area contributed by atoms with Crippen molar-refractivity contribution in [3.05, 3.63) is 23.8 Å². The first-order valence-corrected chi connectivity index (χ1v) is 12.6. The van der Waals surface area contributed by atoms with Crippen molar-refractivity contribution in [3.8, 4) is 0 Å². The third-order valence-corrected chi connectivity index (χ3v) is 8.75. The van der Waals surface area contributed by atoms with Gasteiger partial charge in [-0.2, -0.15) is 4.31 Å². The number of benzene rings is 1. The van der Waals surface area contributed by atoms with Gasteiger partial charge in [-0.15, -0.1) is 11.3 Å². The van der Waals surface area contributed by atoms with E-state index in [0.29, 0.717) is 29.8 Å². The highest BCUT2D eigenvalue weighted by molar-refractivity contribution is 7.89. The van der Waals surface area contributed by atoms with Gasteiger partial charge in [0.2, 0.25) is 10.0 Å². The highest BCUT2D eigenvalue weighted by Crippen LogP contribution is 2.43. The molecule has 5 nitrogen and oxygen atoms in total. The van der Waals surface area contributed by atoms with E-state index in [-0.39, 0.29) is 0 Å². The van der Waals surface area contributed by atoms with Gasteiger partial charge in [-0.25, -0.2) is 8.42 Å². The fraction of sp³-hybridized carbons (Fsp3) is 0.619. The van der Waals surface area contributed by atoms with Crippen LogP contribution in [0.25, 0.3) is 10.1 Å². The van der Waals surface area contributed by atoms with Gasteiger partial charge >= 0.3 is 0 Å². The summed E-state index contributed by atoms with van der Waals surface area (Å²) in [7, 11) is -3.46. The molecule has 0 aliphatic carbocycles. The number of nitrogen functional groups attached to an aromatic ring is 1. The summed E-state index contributed by atoms with van der Waals surface area (Å²) in [5, 5.41) is 1.87. The lowest BCUT2D eigenvalue weighted by Gasteiger charge is -2.33. The van der Waals surface area contributed by atoms with Crippen molar-refractivity contribution in [2.24, 2.45) is 5.92 Å². The van der Waals surface area contributed by atoms with Crippen LogP contribution in [0.1, 0.15) is 52.0 Å². The van der Waals surface area contributed by atoms with Crippen LogP contribution >= 0.6 is 11.3 Å². The van der Waals surface area contributed by atoms with E-state index in [1.165, 1.54) is 9.87 Å². The molecule has 28 heavy (non-hydrogen) atoms. The molecule has 0 amide bonds. The molecule has 0 atom stereocenters. The van der Waals surface area contributed by atoms with Gasteiger partial charge in [0.05, 0.1) is 9.90 Å². The molecule has 0 unspecified atom stereocenters. The number of nitrogens with two attached hydrogens (primary N) is 1. The molecule has 3 rings (SSSR count). The molecule has 1 aromatic heterocycles. The summed E-state index contributed by atoms with van der Waals surface area (Å²) in [6.07, 6.45) is 2.16. The number of thiophene rings is 1. The third-order valence-electron chi connectivity index (χ3n) is 5.69. The van der Waals surface area contributed by atoms with E-state index in [2.05, 4.69) is 18.7 Å². The lowest BCUT2D eigenvalue weighted by Crippen LogP contribution is -2.35. The average molecular weight is 424 g/mol. The molecule has 1 aliphatic heterocycles. The fourth-order valence-electron chi connectivity index (χ4n) is 4.33. The van der Waals surface area contributed by atoms with Crippen LogP contribution < -0.4 is 5.73 Å². The number of sulfonamides is 1. The van der Waals surface area contributed by atoms with E-state index in [1.54, 1.807) is 17.4 Å². The summed E-state index contributed by atoms with van der Waals surface area (Å²) < 4.78 is 28.5. The molecule has 2 heterocycles. The molecule has 2 N–H and O–H groups in total. The number of hydrogen-bond donors (Lipinski definition) is 1. The van der Waals surface area contributed by atoms with E-state index in [4.69, 9.17) is 5.73 Å². The molecule has 1 saturated heterocycles. The van der Waals surface area contributed by atoms with Gasteiger partial charge in [0.15, 0.2) is 0 Å². The molecule has 1 aliphatic rings. The molecule has 0 bridgehead atoms. The van der Waals surface area contributed by atoms with Crippen LogP contribution in [-0.2, 0) is 10.0 Å². The Hall–Kier alpha value is -1.15. The van der Waals surface area contributed by atoms with Crippen molar-refractivity contribution in [3.63, 3.8) is 0 Å². The highest BCUT2D eigenvalue weighted by Gasteiger charge is 2.27. The predicted molar refractivity (Wildman–Crippen MR) is 120 cm³/mol. The Kier molecular flexibility index (Phi) is 6.69. The van der Waals surface area contributed by atoms with Gasteiger partial charge in [0.25, 0.3) is 0 Å². The molecule has 0 saturated carbocycles. The number of fused-ring (bicyclic) bond motifs is 1. The summed E-state index contributed by atoms with van der Waals surface area (Å²) in [6.45, 7) is 12.5.